The molecule has 78 valence electrons. The van der Waals surface area contributed by atoms with Crippen molar-refractivity contribution in [2.45, 2.75) is 44.7 Å². The summed E-state index contributed by atoms with van der Waals surface area (Å²) in [6, 6.07) is 0. The fourth-order valence-electron chi connectivity index (χ4n) is 1.94. The highest BCUT2D eigenvalue weighted by atomic mass is 32.2. The van der Waals surface area contributed by atoms with E-state index in [1.807, 2.05) is 11.8 Å². The van der Waals surface area contributed by atoms with E-state index in [0.29, 0.717) is 0 Å². The smallest absolute Gasteiger partial charge is 0.0324 e. The summed E-state index contributed by atoms with van der Waals surface area (Å²) in [4.78, 5) is 0. The van der Waals surface area contributed by atoms with Gasteiger partial charge in [-0.1, -0.05) is 0 Å². The lowest BCUT2D eigenvalue weighted by atomic mass is 9.89. The summed E-state index contributed by atoms with van der Waals surface area (Å²) < 4.78 is 0. The third-order valence-electron chi connectivity index (χ3n) is 2.48. The Hall–Kier alpha value is 0.270. The summed E-state index contributed by atoms with van der Waals surface area (Å²) >= 11 is 2.04. The molecule has 1 aliphatic rings. The van der Waals surface area contributed by atoms with Crippen molar-refractivity contribution >= 4 is 11.8 Å². The van der Waals surface area contributed by atoms with Gasteiger partial charge in [0.1, 0.15) is 0 Å². The van der Waals surface area contributed by atoms with Gasteiger partial charge in [-0.3, -0.25) is 0 Å². The van der Waals surface area contributed by atoms with Gasteiger partial charge in [0.25, 0.3) is 0 Å². The zero-order valence-corrected chi connectivity index (χ0v) is 9.84. The molecular formula is C10H22N2S. The normalized spacial score (nSPS) is 23.1. The van der Waals surface area contributed by atoms with Crippen LogP contribution in [-0.4, -0.2) is 29.1 Å². The second-order valence-electron chi connectivity index (χ2n) is 4.97. The van der Waals surface area contributed by atoms with Crippen molar-refractivity contribution in [1.29, 1.82) is 0 Å². The molecule has 13 heavy (non-hydrogen) atoms. The zero-order valence-electron chi connectivity index (χ0n) is 9.02. The van der Waals surface area contributed by atoms with Gasteiger partial charge in [-0.2, -0.15) is 11.8 Å². The molecule has 1 rings (SSSR count). The first-order valence-electron chi connectivity index (χ1n) is 5.05. The molecule has 0 saturated carbocycles. The van der Waals surface area contributed by atoms with Gasteiger partial charge in [0.15, 0.2) is 0 Å². The van der Waals surface area contributed by atoms with Crippen LogP contribution in [0, 0.1) is 0 Å². The quantitative estimate of drug-likeness (QED) is 0.714. The lowest BCUT2D eigenvalue weighted by Crippen LogP contribution is -2.59. The molecule has 0 aliphatic carbocycles. The highest BCUT2D eigenvalue weighted by molar-refractivity contribution is 7.99. The predicted molar refractivity (Wildman–Crippen MR) is 61.2 cm³/mol. The number of rotatable bonds is 2. The van der Waals surface area contributed by atoms with Crippen molar-refractivity contribution in [2.24, 2.45) is 5.73 Å². The number of hydrogen-bond donors (Lipinski definition) is 2. The molecule has 1 aliphatic heterocycles. The van der Waals surface area contributed by atoms with Crippen LogP contribution in [-0.2, 0) is 0 Å². The van der Waals surface area contributed by atoms with Crippen LogP contribution in [0.4, 0.5) is 0 Å². The van der Waals surface area contributed by atoms with Gasteiger partial charge < -0.3 is 11.1 Å². The third-order valence-corrected chi connectivity index (χ3v) is 3.47. The highest BCUT2D eigenvalue weighted by Crippen LogP contribution is 2.28. The molecule has 1 fully saturated rings. The van der Waals surface area contributed by atoms with E-state index in [1.54, 1.807) is 0 Å². The predicted octanol–water partition coefficient (Wildman–Crippen LogP) is 1.60. The number of thioether (sulfide) groups is 1. The standard InChI is InChI=1S/C10H22N2S/c1-9(2,3)12-10(8-11)4-6-13-7-5-10/h12H,4-8,11H2,1-3H3. The van der Waals surface area contributed by atoms with Crippen molar-refractivity contribution in [3.63, 3.8) is 0 Å². The molecule has 1 saturated heterocycles. The summed E-state index contributed by atoms with van der Waals surface area (Å²) in [6.45, 7) is 7.41. The zero-order chi connectivity index (χ0) is 9.95. The Bertz CT molecular complexity index is 157. The van der Waals surface area contributed by atoms with Crippen LogP contribution in [0.3, 0.4) is 0 Å². The Kier molecular flexibility index (Phi) is 3.66. The van der Waals surface area contributed by atoms with E-state index in [4.69, 9.17) is 5.73 Å². The fraction of sp³-hybridized carbons (Fsp3) is 1.00. The van der Waals surface area contributed by atoms with Gasteiger partial charge in [-0.15, -0.1) is 0 Å². The molecule has 0 radical (unpaired) electrons. The number of hydrogen-bond acceptors (Lipinski definition) is 3. The Morgan fingerprint density at radius 1 is 1.31 bits per heavy atom. The molecule has 3 N–H and O–H groups in total. The van der Waals surface area contributed by atoms with Crippen LogP contribution in [0.1, 0.15) is 33.6 Å². The van der Waals surface area contributed by atoms with Crippen molar-refractivity contribution in [2.75, 3.05) is 18.1 Å². The summed E-state index contributed by atoms with van der Waals surface area (Å²) in [6.07, 6.45) is 2.43. The molecule has 1 heterocycles. The minimum absolute atomic E-state index is 0.182. The summed E-state index contributed by atoms with van der Waals surface area (Å²) in [5.74, 6) is 2.50. The van der Waals surface area contributed by atoms with Crippen molar-refractivity contribution in [3.8, 4) is 0 Å². The van der Waals surface area contributed by atoms with Gasteiger partial charge >= 0.3 is 0 Å². The molecule has 0 atom stereocenters. The van der Waals surface area contributed by atoms with Crippen LogP contribution in [0.5, 0.6) is 0 Å². The molecule has 0 aromatic carbocycles. The van der Waals surface area contributed by atoms with E-state index < -0.39 is 0 Å². The molecule has 0 aromatic rings. The maximum atomic E-state index is 5.87. The average Bonchev–Trinajstić information content (AvgIpc) is 2.03. The molecule has 0 amide bonds. The van der Waals surface area contributed by atoms with E-state index in [-0.39, 0.29) is 11.1 Å². The van der Waals surface area contributed by atoms with E-state index in [9.17, 15) is 0 Å². The third kappa shape index (κ3) is 3.49. The summed E-state index contributed by atoms with van der Waals surface area (Å²) in [5.41, 5.74) is 6.27. The van der Waals surface area contributed by atoms with Crippen molar-refractivity contribution in [1.82, 2.24) is 5.32 Å². The monoisotopic (exact) mass is 202 g/mol. The van der Waals surface area contributed by atoms with Crippen LogP contribution in [0.25, 0.3) is 0 Å². The lowest BCUT2D eigenvalue weighted by Gasteiger charge is -2.42. The Morgan fingerprint density at radius 3 is 2.23 bits per heavy atom. The molecule has 3 heteroatoms. The fourth-order valence-corrected chi connectivity index (χ4v) is 3.21. The topological polar surface area (TPSA) is 38.0 Å². The second kappa shape index (κ2) is 4.20. The maximum Gasteiger partial charge on any atom is 0.0324 e. The van der Waals surface area contributed by atoms with Gasteiger partial charge in [0, 0.05) is 17.6 Å². The number of nitrogens with one attached hydrogen (secondary N) is 1. The first-order valence-corrected chi connectivity index (χ1v) is 6.20. The SMILES string of the molecule is CC(C)(C)NC1(CN)CCSCC1. The Morgan fingerprint density at radius 2 is 1.85 bits per heavy atom. The number of nitrogens with two attached hydrogens (primary N) is 1. The van der Waals surface area contributed by atoms with E-state index in [2.05, 4.69) is 26.1 Å². The summed E-state index contributed by atoms with van der Waals surface area (Å²) in [7, 11) is 0. The Balaban J connectivity index is 2.57. The molecular weight excluding hydrogens is 180 g/mol. The molecule has 0 unspecified atom stereocenters. The largest absolute Gasteiger partial charge is 0.329 e. The van der Waals surface area contributed by atoms with Crippen molar-refractivity contribution in [3.05, 3.63) is 0 Å². The van der Waals surface area contributed by atoms with Crippen LogP contribution >= 0.6 is 11.8 Å². The average molecular weight is 202 g/mol. The second-order valence-corrected chi connectivity index (χ2v) is 6.20. The Labute approximate surface area is 86.0 Å². The highest BCUT2D eigenvalue weighted by Gasteiger charge is 2.33. The van der Waals surface area contributed by atoms with Gasteiger partial charge in [0.2, 0.25) is 0 Å². The van der Waals surface area contributed by atoms with Crippen molar-refractivity contribution < 1.29 is 0 Å². The molecule has 0 bridgehead atoms. The first kappa shape index (κ1) is 11.3. The summed E-state index contributed by atoms with van der Waals surface area (Å²) in [5, 5.41) is 3.68. The minimum Gasteiger partial charge on any atom is -0.329 e. The maximum absolute atomic E-state index is 5.87. The van der Waals surface area contributed by atoms with Gasteiger partial charge in [-0.25, -0.2) is 0 Å². The lowest BCUT2D eigenvalue weighted by molar-refractivity contribution is 0.232. The van der Waals surface area contributed by atoms with Crippen LogP contribution < -0.4 is 11.1 Å². The van der Waals surface area contributed by atoms with Crippen LogP contribution in [0.2, 0.25) is 0 Å². The van der Waals surface area contributed by atoms with Gasteiger partial charge in [0.05, 0.1) is 0 Å². The molecule has 2 nitrogen and oxygen atoms in total. The van der Waals surface area contributed by atoms with Gasteiger partial charge in [-0.05, 0) is 45.1 Å². The van der Waals surface area contributed by atoms with E-state index in [1.165, 1.54) is 24.3 Å². The molecule has 0 aromatic heterocycles. The first-order chi connectivity index (χ1) is 5.97. The molecule has 0 spiro atoms. The van der Waals surface area contributed by atoms with E-state index >= 15 is 0 Å². The van der Waals surface area contributed by atoms with Crippen LogP contribution in [0.15, 0.2) is 0 Å². The van der Waals surface area contributed by atoms with E-state index in [0.717, 1.165) is 6.54 Å². The minimum atomic E-state index is 0.182.